The molecule has 0 aliphatic carbocycles. The molecule has 0 radical (unpaired) electrons. The first-order valence-corrected chi connectivity index (χ1v) is 13.4. The Bertz CT molecular complexity index is 997. The van der Waals surface area contributed by atoms with Gasteiger partial charge in [-0.3, -0.25) is 9.69 Å². The molecule has 0 saturated carbocycles. The van der Waals surface area contributed by atoms with Crippen LogP contribution in [0.2, 0.25) is 0 Å². The van der Waals surface area contributed by atoms with Crippen molar-refractivity contribution in [3.8, 4) is 0 Å². The molecule has 0 unspecified atom stereocenters. The lowest BCUT2D eigenvalue weighted by molar-refractivity contribution is -0.138. The van der Waals surface area contributed by atoms with Crippen molar-refractivity contribution in [3.63, 3.8) is 0 Å². The molecule has 35 heavy (non-hydrogen) atoms. The molecule has 2 aromatic rings. The Morgan fingerprint density at radius 1 is 1.23 bits per heavy atom. The van der Waals surface area contributed by atoms with E-state index in [-0.39, 0.29) is 0 Å². The van der Waals surface area contributed by atoms with Crippen LogP contribution in [0.1, 0.15) is 26.7 Å². The number of rotatable bonds is 10. The Balaban J connectivity index is 1.33. The van der Waals surface area contributed by atoms with Gasteiger partial charge in [0.15, 0.2) is 8.38 Å². The van der Waals surface area contributed by atoms with Crippen molar-refractivity contribution in [1.82, 2.24) is 19.9 Å². The maximum Gasteiger partial charge on any atom is 0.257 e. The molecule has 2 saturated heterocycles. The molecule has 12 heteroatoms. The normalized spacial score (nSPS) is 19.1. The summed E-state index contributed by atoms with van der Waals surface area (Å²) in [5.74, 6) is 2.88. The summed E-state index contributed by atoms with van der Waals surface area (Å²) in [5, 5.41) is 14.7. The number of anilines is 2. The number of amides is 1. The van der Waals surface area contributed by atoms with Crippen LogP contribution in [0.15, 0.2) is 24.3 Å². The number of carbonyl (C=O) groups is 1. The lowest BCUT2D eigenvalue weighted by Crippen LogP contribution is -2.51. The molecule has 0 aromatic carbocycles. The van der Waals surface area contributed by atoms with Gasteiger partial charge in [0.05, 0.1) is 31.8 Å². The summed E-state index contributed by atoms with van der Waals surface area (Å²) >= 11 is 0. The maximum absolute atomic E-state index is 13.0. The zero-order chi connectivity index (χ0) is 24.7. The average molecular weight is 507 g/mol. The van der Waals surface area contributed by atoms with Crippen molar-refractivity contribution in [2.75, 3.05) is 69.4 Å². The topological polar surface area (TPSA) is 125 Å². The molecule has 2 aliphatic heterocycles. The molecule has 11 nitrogen and oxygen atoms in total. The van der Waals surface area contributed by atoms with Gasteiger partial charge in [0.2, 0.25) is 0 Å². The van der Waals surface area contributed by atoms with E-state index in [9.17, 15) is 9.90 Å². The van der Waals surface area contributed by atoms with E-state index in [0.29, 0.717) is 63.8 Å². The lowest BCUT2D eigenvalue weighted by atomic mass is 9.90. The summed E-state index contributed by atoms with van der Waals surface area (Å²) in [7, 11) is -1.00. The van der Waals surface area contributed by atoms with E-state index < -0.39 is 19.9 Å². The summed E-state index contributed by atoms with van der Waals surface area (Å²) < 4.78 is 16.6. The van der Waals surface area contributed by atoms with Crippen LogP contribution in [0.5, 0.6) is 0 Å². The lowest BCUT2D eigenvalue weighted by Gasteiger charge is -2.36. The molecule has 1 amide bonds. The standard InChI is InChI=1S/C23H35N6O5P/c1-3-33-35(34-4-2)15-5-8-28-9-6-23(31,7-10-28)22(30)27-19-16-18-20(26-19)24-17-25-21(18)29-11-13-32-14-12-29/h5,15-17,31H,3-4,6-14H2,1-2H3,(H,27,30)(H,24,25,26)/b15-5+. The second-order valence-electron chi connectivity index (χ2n) is 8.53. The van der Waals surface area contributed by atoms with E-state index in [1.54, 1.807) is 0 Å². The number of aromatic nitrogens is 3. The number of carbonyl (C=O) groups excluding carboxylic acids is 1. The van der Waals surface area contributed by atoms with Gasteiger partial charge in [-0.05, 0) is 38.6 Å². The number of likely N-dealkylation sites (tertiary alicyclic amines) is 1. The van der Waals surface area contributed by atoms with Gasteiger partial charge >= 0.3 is 0 Å². The highest BCUT2D eigenvalue weighted by molar-refractivity contribution is 7.50. The SMILES string of the molecule is CCOP(/C=C/CN1CCC(O)(C(=O)Nc2cc3c(N4CCOCC4)ncnc3[nH]2)CC1)OCC. The molecule has 2 aromatic heterocycles. The number of nitrogens with zero attached hydrogens (tertiary/aromatic N) is 4. The Labute approximate surface area is 206 Å². The number of aromatic amines is 1. The fraction of sp³-hybridized carbons (Fsp3) is 0.609. The Hall–Kier alpha value is -2.14. The molecule has 2 aliphatic rings. The van der Waals surface area contributed by atoms with Crippen molar-refractivity contribution in [3.05, 3.63) is 24.3 Å². The maximum atomic E-state index is 13.0. The molecule has 4 rings (SSSR count). The van der Waals surface area contributed by atoms with Crippen molar-refractivity contribution in [2.45, 2.75) is 32.3 Å². The minimum absolute atomic E-state index is 0.359. The number of morpholine rings is 1. The molecule has 192 valence electrons. The second kappa shape index (κ2) is 12.2. The first-order chi connectivity index (χ1) is 17.0. The van der Waals surface area contributed by atoms with Gasteiger partial charge in [0, 0.05) is 32.7 Å². The van der Waals surface area contributed by atoms with Crippen LogP contribution in [-0.2, 0) is 18.6 Å². The first-order valence-electron chi connectivity index (χ1n) is 12.2. The smallest absolute Gasteiger partial charge is 0.257 e. The molecule has 3 N–H and O–H groups in total. The van der Waals surface area contributed by atoms with Gasteiger partial charge < -0.3 is 34.1 Å². The van der Waals surface area contributed by atoms with Gasteiger partial charge in [-0.25, -0.2) is 9.97 Å². The zero-order valence-electron chi connectivity index (χ0n) is 20.4. The van der Waals surface area contributed by atoms with Crippen LogP contribution in [-0.4, -0.2) is 95.6 Å². The van der Waals surface area contributed by atoms with Crippen LogP contribution in [0.25, 0.3) is 11.0 Å². The molecular weight excluding hydrogens is 471 g/mol. The average Bonchev–Trinajstić information content (AvgIpc) is 3.28. The van der Waals surface area contributed by atoms with Crippen LogP contribution < -0.4 is 10.2 Å². The second-order valence-corrected chi connectivity index (χ2v) is 9.92. The summed E-state index contributed by atoms with van der Waals surface area (Å²) in [6.07, 6.45) is 4.27. The molecule has 2 fully saturated rings. The highest BCUT2D eigenvalue weighted by atomic mass is 31.2. The van der Waals surface area contributed by atoms with Gasteiger partial charge in [0.25, 0.3) is 5.91 Å². The van der Waals surface area contributed by atoms with Crippen molar-refractivity contribution in [1.29, 1.82) is 0 Å². The Kier molecular flexibility index (Phi) is 9.04. The van der Waals surface area contributed by atoms with Gasteiger partial charge in [-0.1, -0.05) is 6.08 Å². The number of fused-ring (bicyclic) bond motifs is 1. The Morgan fingerprint density at radius 3 is 2.63 bits per heavy atom. The van der Waals surface area contributed by atoms with Crippen LogP contribution in [0, 0.1) is 0 Å². The van der Waals surface area contributed by atoms with Crippen molar-refractivity contribution >= 4 is 37.0 Å². The number of nitrogens with one attached hydrogen (secondary N) is 2. The van der Waals surface area contributed by atoms with Gasteiger partial charge in [0.1, 0.15) is 29.2 Å². The van der Waals surface area contributed by atoms with Crippen LogP contribution in [0.3, 0.4) is 0 Å². The van der Waals surface area contributed by atoms with E-state index in [1.165, 1.54) is 6.33 Å². The number of piperidine rings is 1. The first kappa shape index (κ1) is 25.9. The van der Waals surface area contributed by atoms with Crippen molar-refractivity contribution in [2.24, 2.45) is 0 Å². The van der Waals surface area contributed by atoms with Gasteiger partial charge in [-0.15, -0.1) is 0 Å². The van der Waals surface area contributed by atoms with E-state index in [1.807, 2.05) is 31.8 Å². The minimum atomic E-state index is -1.42. The summed E-state index contributed by atoms with van der Waals surface area (Å²) in [6, 6.07) is 1.83. The van der Waals surface area contributed by atoms with E-state index >= 15 is 0 Å². The molecule has 0 bridgehead atoms. The highest BCUT2D eigenvalue weighted by Crippen LogP contribution is 2.39. The van der Waals surface area contributed by atoms with Crippen LogP contribution in [0.4, 0.5) is 11.6 Å². The van der Waals surface area contributed by atoms with Crippen molar-refractivity contribution < 1.29 is 23.7 Å². The number of hydrogen-bond acceptors (Lipinski definition) is 9. The third-order valence-corrected chi connectivity index (χ3v) is 7.65. The number of ether oxygens (including phenoxy) is 1. The summed E-state index contributed by atoms with van der Waals surface area (Å²) in [4.78, 5) is 29.2. The highest BCUT2D eigenvalue weighted by Gasteiger charge is 2.39. The Morgan fingerprint density at radius 2 is 1.94 bits per heavy atom. The minimum Gasteiger partial charge on any atom is -0.380 e. The number of H-pyrrole nitrogens is 1. The summed E-state index contributed by atoms with van der Waals surface area (Å²) in [5.41, 5.74) is -0.774. The fourth-order valence-corrected chi connectivity index (χ4v) is 5.27. The van der Waals surface area contributed by atoms with E-state index in [2.05, 4.69) is 30.1 Å². The largest absolute Gasteiger partial charge is 0.380 e. The van der Waals surface area contributed by atoms with Gasteiger partial charge in [-0.2, -0.15) is 0 Å². The molecule has 4 heterocycles. The third kappa shape index (κ3) is 6.55. The van der Waals surface area contributed by atoms with Crippen LogP contribution >= 0.6 is 8.38 Å². The fourth-order valence-electron chi connectivity index (χ4n) is 4.25. The zero-order valence-corrected chi connectivity index (χ0v) is 21.3. The van der Waals surface area contributed by atoms with E-state index in [0.717, 1.165) is 30.8 Å². The predicted molar refractivity (Wildman–Crippen MR) is 135 cm³/mol. The quantitative estimate of drug-likeness (QED) is 0.417. The predicted octanol–water partition coefficient (Wildman–Crippen LogP) is 2.46. The molecule has 0 atom stereocenters. The monoisotopic (exact) mass is 506 g/mol. The molecular formula is C23H35N6O5P. The third-order valence-electron chi connectivity index (χ3n) is 6.17. The number of aliphatic hydroxyl groups is 1. The molecule has 0 spiro atoms. The summed E-state index contributed by atoms with van der Waals surface area (Å²) in [6.45, 7) is 9.90. The van der Waals surface area contributed by atoms with E-state index in [4.69, 9.17) is 13.8 Å². The number of hydrogen-bond donors (Lipinski definition) is 3.